The molecule has 2 aromatic carbocycles. The molecule has 6 nitrogen and oxygen atoms in total. The van der Waals surface area contributed by atoms with Crippen molar-refractivity contribution in [3.63, 3.8) is 0 Å². The summed E-state index contributed by atoms with van der Waals surface area (Å²) in [6, 6.07) is 17.7. The predicted molar refractivity (Wildman–Crippen MR) is 152 cm³/mol. The molecule has 0 fully saturated rings. The fourth-order valence-electron chi connectivity index (χ4n) is 5.32. The number of nitrogens with zero attached hydrogens (tertiary/aromatic N) is 3. The van der Waals surface area contributed by atoms with E-state index in [1.54, 1.807) is 23.2 Å². The van der Waals surface area contributed by atoms with E-state index in [2.05, 4.69) is 39.1 Å². The Bertz CT molecular complexity index is 1560. The van der Waals surface area contributed by atoms with E-state index in [1.807, 2.05) is 38.1 Å². The molecule has 0 saturated carbocycles. The number of ether oxygens (including phenoxy) is 1. The molecular weight excluding hydrogens is 564 g/mol. The lowest BCUT2D eigenvalue weighted by Crippen LogP contribution is -2.39. The molecule has 1 aromatic heterocycles. The fraction of sp³-hybridized carbons (Fsp3) is 0.233. The van der Waals surface area contributed by atoms with Crippen LogP contribution in [0.15, 0.2) is 81.9 Å². The van der Waals surface area contributed by atoms with Gasteiger partial charge in [0.05, 0.1) is 27.7 Å². The Morgan fingerprint density at radius 3 is 2.71 bits per heavy atom. The molecule has 8 heteroatoms. The smallest absolute Gasteiger partial charge is 0.161 e. The second kappa shape index (κ2) is 10.6. The van der Waals surface area contributed by atoms with Crippen molar-refractivity contribution in [3.8, 4) is 11.8 Å². The number of aryl methyl sites for hydroxylation is 2. The Hall–Kier alpha value is -3.60. The number of rotatable bonds is 5. The molecule has 0 bridgehead atoms. The third-order valence-corrected chi connectivity index (χ3v) is 8.10. The summed E-state index contributed by atoms with van der Waals surface area (Å²) in [5.74, 6) is 0.460. The van der Waals surface area contributed by atoms with E-state index in [9.17, 15) is 10.1 Å². The molecule has 0 spiro atoms. The van der Waals surface area contributed by atoms with Crippen LogP contribution >= 0.6 is 27.5 Å². The van der Waals surface area contributed by atoms with Gasteiger partial charge in [-0.2, -0.15) is 5.26 Å². The minimum Gasteiger partial charge on any atom is -0.488 e. The van der Waals surface area contributed by atoms with Crippen molar-refractivity contribution in [1.29, 1.82) is 5.26 Å². The second-order valence-electron chi connectivity index (χ2n) is 9.48. The van der Waals surface area contributed by atoms with Gasteiger partial charge in [0.2, 0.25) is 0 Å². The van der Waals surface area contributed by atoms with Crippen LogP contribution in [0, 0.1) is 25.2 Å². The maximum atomic E-state index is 13.5. The van der Waals surface area contributed by atoms with E-state index in [4.69, 9.17) is 22.1 Å². The quantitative estimate of drug-likeness (QED) is 0.322. The molecule has 38 heavy (non-hydrogen) atoms. The van der Waals surface area contributed by atoms with Crippen LogP contribution < -0.4 is 15.4 Å². The Morgan fingerprint density at radius 1 is 1.18 bits per heavy atom. The van der Waals surface area contributed by atoms with Gasteiger partial charge < -0.3 is 10.5 Å². The number of allylic oxidation sites excluding steroid dienone is 3. The number of pyridine rings is 1. The maximum absolute atomic E-state index is 13.5. The Labute approximate surface area is 235 Å². The minimum atomic E-state index is -0.572. The maximum Gasteiger partial charge on any atom is 0.161 e. The summed E-state index contributed by atoms with van der Waals surface area (Å²) in [5.41, 5.74) is 12.9. The average Bonchev–Trinajstić information content (AvgIpc) is 2.89. The lowest BCUT2D eigenvalue weighted by Gasteiger charge is -2.40. The highest BCUT2D eigenvalue weighted by Crippen LogP contribution is 2.48. The summed E-state index contributed by atoms with van der Waals surface area (Å²) < 4.78 is 6.99. The van der Waals surface area contributed by atoms with Crippen LogP contribution in [0.3, 0.4) is 0 Å². The van der Waals surface area contributed by atoms with E-state index in [-0.39, 0.29) is 16.8 Å². The predicted octanol–water partition coefficient (Wildman–Crippen LogP) is 7.00. The molecule has 192 valence electrons. The molecule has 2 N–H and O–H groups in total. The van der Waals surface area contributed by atoms with Gasteiger partial charge in [0, 0.05) is 23.9 Å². The Kier molecular flexibility index (Phi) is 7.29. The normalized spacial score (nSPS) is 17.4. The van der Waals surface area contributed by atoms with Crippen molar-refractivity contribution in [2.24, 2.45) is 5.73 Å². The zero-order chi connectivity index (χ0) is 27.0. The zero-order valence-corrected chi connectivity index (χ0v) is 23.4. The first-order valence-electron chi connectivity index (χ1n) is 12.4. The second-order valence-corrected chi connectivity index (χ2v) is 10.7. The highest BCUT2D eigenvalue weighted by atomic mass is 79.9. The number of nitriles is 1. The lowest BCUT2D eigenvalue weighted by molar-refractivity contribution is -0.116. The van der Waals surface area contributed by atoms with Crippen LogP contribution in [0.4, 0.5) is 5.69 Å². The first-order valence-corrected chi connectivity index (χ1v) is 13.5. The molecule has 2 heterocycles. The number of halogens is 2. The molecule has 0 saturated heterocycles. The summed E-state index contributed by atoms with van der Waals surface area (Å²) in [6.45, 7) is 4.38. The number of hydrogen-bond donors (Lipinski definition) is 1. The number of carbonyl (C=O) groups is 1. The Morgan fingerprint density at radius 2 is 1.97 bits per heavy atom. The van der Waals surface area contributed by atoms with Crippen molar-refractivity contribution in [2.45, 2.75) is 45.6 Å². The number of aromatic nitrogens is 1. The summed E-state index contributed by atoms with van der Waals surface area (Å²) in [5, 5.41) is 10.6. The molecule has 1 aliphatic carbocycles. The summed E-state index contributed by atoms with van der Waals surface area (Å²) in [7, 11) is 0. The van der Waals surface area contributed by atoms with E-state index < -0.39 is 5.92 Å². The van der Waals surface area contributed by atoms with Gasteiger partial charge in [-0.1, -0.05) is 35.9 Å². The number of benzene rings is 2. The number of ketones is 1. The monoisotopic (exact) mass is 588 g/mol. The highest BCUT2D eigenvalue weighted by molar-refractivity contribution is 9.10. The Balaban J connectivity index is 1.65. The third kappa shape index (κ3) is 4.59. The van der Waals surface area contributed by atoms with Crippen molar-refractivity contribution >= 4 is 39.0 Å². The van der Waals surface area contributed by atoms with Crippen LogP contribution in [0.5, 0.6) is 5.75 Å². The molecule has 1 unspecified atom stereocenters. The van der Waals surface area contributed by atoms with Gasteiger partial charge in [-0.05, 0) is 89.1 Å². The first kappa shape index (κ1) is 26.0. The van der Waals surface area contributed by atoms with Crippen LogP contribution in [-0.2, 0) is 11.4 Å². The molecular formula is C30H26BrClN4O2. The number of hydrogen-bond acceptors (Lipinski definition) is 6. The van der Waals surface area contributed by atoms with Gasteiger partial charge in [-0.25, -0.2) is 4.98 Å². The molecule has 0 amide bonds. The summed E-state index contributed by atoms with van der Waals surface area (Å²) in [4.78, 5) is 19.5. The van der Waals surface area contributed by atoms with Crippen molar-refractivity contribution in [3.05, 3.63) is 109 Å². The number of nitrogens with two attached hydrogens (primary N) is 1. The van der Waals surface area contributed by atoms with Gasteiger partial charge in [0.25, 0.3) is 0 Å². The third-order valence-electron chi connectivity index (χ3n) is 7.15. The van der Waals surface area contributed by atoms with E-state index in [1.165, 1.54) is 0 Å². The standard InChI is InChI=1S/C30H26BrClN4O2/c1-17-13-18(2)20(14-19(17)16-38-26-11-4-3-7-22(26)31)27-21(15-33)30(34)36(24-9-6-12-35-29(24)32)23-8-5-10-25(37)28(23)27/h3-4,6-7,9,11-14,27H,5,8,10,16,34H2,1-2H3. The molecule has 1 aliphatic heterocycles. The van der Waals surface area contributed by atoms with Gasteiger partial charge in [-0.3, -0.25) is 9.69 Å². The first-order chi connectivity index (χ1) is 18.3. The van der Waals surface area contributed by atoms with E-state index >= 15 is 0 Å². The van der Waals surface area contributed by atoms with Crippen LogP contribution in [0.1, 0.15) is 47.4 Å². The molecule has 3 aromatic rings. The van der Waals surface area contributed by atoms with Crippen molar-refractivity contribution in [1.82, 2.24) is 4.98 Å². The van der Waals surface area contributed by atoms with Crippen LogP contribution in [0.25, 0.3) is 0 Å². The number of para-hydroxylation sites is 1. The summed E-state index contributed by atoms with van der Waals surface area (Å²) in [6.07, 6.45) is 3.36. The molecule has 5 rings (SSSR count). The van der Waals surface area contributed by atoms with E-state index in [0.717, 1.165) is 38.2 Å². The highest BCUT2D eigenvalue weighted by Gasteiger charge is 2.41. The van der Waals surface area contributed by atoms with Crippen LogP contribution in [0.2, 0.25) is 5.15 Å². The molecule has 2 aliphatic rings. The van der Waals surface area contributed by atoms with Gasteiger partial charge in [-0.15, -0.1) is 0 Å². The average molecular weight is 590 g/mol. The molecule has 0 radical (unpaired) electrons. The van der Waals surface area contributed by atoms with Crippen LogP contribution in [-0.4, -0.2) is 10.8 Å². The van der Waals surface area contributed by atoms with Gasteiger partial charge >= 0.3 is 0 Å². The fourth-order valence-corrected chi connectivity index (χ4v) is 5.92. The largest absolute Gasteiger partial charge is 0.488 e. The topological polar surface area (TPSA) is 92.2 Å². The van der Waals surface area contributed by atoms with Crippen molar-refractivity contribution < 1.29 is 9.53 Å². The number of Topliss-reactive ketones (excluding diaryl/α,β-unsaturated/α-hetero) is 1. The SMILES string of the molecule is Cc1cc(C)c(C2C(C#N)=C(N)N(c3cccnc3Cl)C3=C2C(=O)CCC3)cc1COc1ccccc1Br. The lowest BCUT2D eigenvalue weighted by atomic mass is 9.74. The number of carbonyl (C=O) groups excluding carboxylic acids is 1. The van der Waals surface area contributed by atoms with E-state index in [0.29, 0.717) is 42.7 Å². The minimum absolute atomic E-state index is 0.0208. The molecule has 1 atom stereocenters. The zero-order valence-electron chi connectivity index (χ0n) is 21.1. The summed E-state index contributed by atoms with van der Waals surface area (Å²) >= 11 is 9.99. The van der Waals surface area contributed by atoms with Crippen molar-refractivity contribution in [2.75, 3.05) is 4.90 Å². The number of anilines is 1. The van der Waals surface area contributed by atoms with Gasteiger partial charge in [0.15, 0.2) is 10.9 Å². The van der Waals surface area contributed by atoms with Gasteiger partial charge in [0.1, 0.15) is 18.2 Å².